The molecule has 1 aliphatic heterocycles. The lowest BCUT2D eigenvalue weighted by Crippen LogP contribution is -2.46. The summed E-state index contributed by atoms with van der Waals surface area (Å²) in [6, 6.07) is 0.214. The predicted octanol–water partition coefficient (Wildman–Crippen LogP) is 2.36. The topological polar surface area (TPSA) is 63.1 Å². The average molecular weight is 305 g/mol. The maximum atomic E-state index is 12.6. The molecule has 6 heteroatoms. The number of hydrogen-bond acceptors (Lipinski definition) is 3. The van der Waals surface area contributed by atoms with Gasteiger partial charge in [-0.25, -0.2) is 4.79 Å². The fourth-order valence-electron chi connectivity index (χ4n) is 3.25. The lowest BCUT2D eigenvalue weighted by molar-refractivity contribution is 0.179. The summed E-state index contributed by atoms with van der Waals surface area (Å²) in [5.41, 5.74) is 0. The van der Waals surface area contributed by atoms with Gasteiger partial charge in [0.05, 0.1) is 6.04 Å². The van der Waals surface area contributed by atoms with Crippen LogP contribution < -0.4 is 5.32 Å². The molecular formula is C16H27N5O. The van der Waals surface area contributed by atoms with Gasteiger partial charge in [-0.1, -0.05) is 13.8 Å². The SMILES string of the molecule is CC(C)[C@@H](NC(=O)N(C)[C@@H](C)C1CC1)c1nnc2n1CCC2. The van der Waals surface area contributed by atoms with E-state index in [9.17, 15) is 4.79 Å². The Bertz CT molecular complexity index is 549. The van der Waals surface area contributed by atoms with Gasteiger partial charge in [-0.15, -0.1) is 10.2 Å². The van der Waals surface area contributed by atoms with Crippen LogP contribution in [-0.4, -0.2) is 38.8 Å². The zero-order valence-corrected chi connectivity index (χ0v) is 14.0. The summed E-state index contributed by atoms with van der Waals surface area (Å²) in [6.45, 7) is 7.33. The molecule has 0 aromatic carbocycles. The third kappa shape index (κ3) is 2.83. The summed E-state index contributed by atoms with van der Waals surface area (Å²) in [5.74, 6) is 2.91. The van der Waals surface area contributed by atoms with E-state index >= 15 is 0 Å². The summed E-state index contributed by atoms with van der Waals surface area (Å²) in [4.78, 5) is 14.4. The lowest BCUT2D eigenvalue weighted by atomic mass is 10.0. The maximum absolute atomic E-state index is 12.6. The molecule has 1 N–H and O–H groups in total. The number of aromatic nitrogens is 3. The van der Waals surface area contributed by atoms with Crippen LogP contribution in [0.4, 0.5) is 4.79 Å². The lowest BCUT2D eigenvalue weighted by Gasteiger charge is -2.29. The van der Waals surface area contributed by atoms with Crippen LogP contribution in [0.2, 0.25) is 0 Å². The second-order valence-corrected chi connectivity index (χ2v) is 7.09. The fraction of sp³-hybridized carbons (Fsp3) is 0.812. The first kappa shape index (κ1) is 15.3. The first-order valence-electron chi connectivity index (χ1n) is 8.44. The van der Waals surface area contributed by atoms with Gasteiger partial charge >= 0.3 is 6.03 Å². The average Bonchev–Trinajstić information content (AvgIpc) is 3.10. The molecule has 1 aliphatic carbocycles. The van der Waals surface area contributed by atoms with Gasteiger partial charge in [-0.05, 0) is 38.0 Å². The van der Waals surface area contributed by atoms with Gasteiger partial charge in [0.1, 0.15) is 5.82 Å². The summed E-state index contributed by atoms with van der Waals surface area (Å²) in [7, 11) is 1.89. The largest absolute Gasteiger partial charge is 0.328 e. The standard InChI is InChI=1S/C16H27N5O/c1-10(2)14(15-19-18-13-6-5-9-21(13)15)17-16(22)20(4)11(3)12-7-8-12/h10-12,14H,5-9H2,1-4H3,(H,17,22)/t11-,14+/m0/s1. The van der Waals surface area contributed by atoms with Crippen molar-refractivity contribution >= 4 is 6.03 Å². The molecule has 1 aromatic rings. The number of aryl methyl sites for hydroxylation is 1. The van der Waals surface area contributed by atoms with Crippen molar-refractivity contribution in [1.82, 2.24) is 25.0 Å². The Morgan fingerprint density at radius 2 is 2.05 bits per heavy atom. The number of fused-ring (bicyclic) bond motifs is 1. The first-order valence-corrected chi connectivity index (χ1v) is 8.44. The van der Waals surface area contributed by atoms with Gasteiger partial charge in [0.2, 0.25) is 0 Å². The number of amides is 2. The molecule has 0 saturated heterocycles. The van der Waals surface area contributed by atoms with E-state index in [1.165, 1.54) is 12.8 Å². The third-order valence-corrected chi connectivity index (χ3v) is 5.10. The van der Waals surface area contributed by atoms with Crippen molar-refractivity contribution in [2.45, 2.75) is 65.1 Å². The fourth-order valence-corrected chi connectivity index (χ4v) is 3.25. The normalized spacial score (nSPS) is 19.9. The minimum Gasteiger partial charge on any atom is -0.328 e. The minimum absolute atomic E-state index is 0.00607. The number of urea groups is 1. The highest BCUT2D eigenvalue weighted by molar-refractivity contribution is 5.74. The second kappa shape index (κ2) is 5.89. The second-order valence-electron chi connectivity index (χ2n) is 7.09. The summed E-state index contributed by atoms with van der Waals surface area (Å²) < 4.78 is 2.18. The maximum Gasteiger partial charge on any atom is 0.317 e. The van der Waals surface area contributed by atoms with E-state index < -0.39 is 0 Å². The van der Waals surface area contributed by atoms with Gasteiger partial charge in [0.15, 0.2) is 5.82 Å². The van der Waals surface area contributed by atoms with Crippen LogP contribution >= 0.6 is 0 Å². The van der Waals surface area contributed by atoms with E-state index in [1.807, 2.05) is 11.9 Å². The number of hydrogen-bond donors (Lipinski definition) is 1. The van der Waals surface area contributed by atoms with Crippen molar-refractivity contribution in [2.75, 3.05) is 7.05 Å². The van der Waals surface area contributed by atoms with Gasteiger partial charge in [-0.3, -0.25) is 0 Å². The molecule has 2 heterocycles. The van der Waals surface area contributed by atoms with Crippen molar-refractivity contribution < 1.29 is 4.79 Å². The molecule has 2 atom stereocenters. The number of rotatable bonds is 5. The molecule has 1 saturated carbocycles. The molecular weight excluding hydrogens is 278 g/mol. The van der Waals surface area contributed by atoms with Gasteiger partial charge < -0.3 is 14.8 Å². The van der Waals surface area contributed by atoms with Crippen molar-refractivity contribution in [3.05, 3.63) is 11.6 Å². The molecule has 0 unspecified atom stereocenters. The van der Waals surface area contributed by atoms with Gasteiger partial charge in [-0.2, -0.15) is 0 Å². The van der Waals surface area contributed by atoms with Crippen LogP contribution in [0.5, 0.6) is 0 Å². The van der Waals surface area contributed by atoms with Crippen molar-refractivity contribution in [1.29, 1.82) is 0 Å². The summed E-state index contributed by atoms with van der Waals surface area (Å²) in [6.07, 6.45) is 4.59. The van der Waals surface area contributed by atoms with E-state index in [4.69, 9.17) is 0 Å². The highest BCUT2D eigenvalue weighted by Gasteiger charge is 2.34. The Labute approximate surface area is 132 Å². The number of carbonyl (C=O) groups is 1. The zero-order valence-electron chi connectivity index (χ0n) is 14.0. The Morgan fingerprint density at radius 1 is 1.32 bits per heavy atom. The molecule has 122 valence electrons. The first-order chi connectivity index (χ1) is 10.5. The summed E-state index contributed by atoms with van der Waals surface area (Å²) >= 11 is 0. The Morgan fingerprint density at radius 3 is 2.68 bits per heavy atom. The molecule has 1 fully saturated rings. The third-order valence-electron chi connectivity index (χ3n) is 5.10. The smallest absolute Gasteiger partial charge is 0.317 e. The molecule has 0 radical (unpaired) electrons. The van der Waals surface area contributed by atoms with Gasteiger partial charge in [0, 0.05) is 26.1 Å². The zero-order chi connectivity index (χ0) is 15.9. The van der Waals surface area contributed by atoms with Crippen LogP contribution in [0.25, 0.3) is 0 Å². The molecule has 1 aromatic heterocycles. The number of nitrogens with zero attached hydrogens (tertiary/aromatic N) is 4. The monoisotopic (exact) mass is 305 g/mol. The quantitative estimate of drug-likeness (QED) is 0.908. The van der Waals surface area contributed by atoms with E-state index in [-0.39, 0.29) is 18.0 Å². The van der Waals surface area contributed by atoms with E-state index in [0.717, 1.165) is 31.0 Å². The molecule has 2 aliphatic rings. The van der Waals surface area contributed by atoms with E-state index in [0.29, 0.717) is 12.0 Å². The van der Waals surface area contributed by atoms with E-state index in [2.05, 4.69) is 40.9 Å². The molecule has 0 spiro atoms. The van der Waals surface area contributed by atoms with E-state index in [1.54, 1.807) is 0 Å². The molecule has 3 rings (SSSR count). The highest BCUT2D eigenvalue weighted by Crippen LogP contribution is 2.35. The summed E-state index contributed by atoms with van der Waals surface area (Å²) in [5, 5.41) is 11.8. The van der Waals surface area contributed by atoms with Crippen molar-refractivity contribution in [2.24, 2.45) is 11.8 Å². The van der Waals surface area contributed by atoms with Gasteiger partial charge in [0.25, 0.3) is 0 Å². The van der Waals surface area contributed by atoms with Crippen LogP contribution in [0.15, 0.2) is 0 Å². The number of carbonyl (C=O) groups excluding carboxylic acids is 1. The molecule has 6 nitrogen and oxygen atoms in total. The van der Waals surface area contributed by atoms with Crippen molar-refractivity contribution in [3.63, 3.8) is 0 Å². The van der Waals surface area contributed by atoms with Crippen LogP contribution in [0.3, 0.4) is 0 Å². The predicted molar refractivity (Wildman–Crippen MR) is 84.4 cm³/mol. The van der Waals surface area contributed by atoms with Crippen LogP contribution in [0.1, 0.15) is 57.7 Å². The molecule has 22 heavy (non-hydrogen) atoms. The number of nitrogens with one attached hydrogen (secondary N) is 1. The Balaban J connectivity index is 1.72. The Kier molecular flexibility index (Phi) is 4.10. The minimum atomic E-state index is -0.0827. The van der Waals surface area contributed by atoms with Crippen molar-refractivity contribution in [3.8, 4) is 0 Å². The highest BCUT2D eigenvalue weighted by atomic mass is 16.2. The Hall–Kier alpha value is -1.59. The van der Waals surface area contributed by atoms with Crippen LogP contribution in [0, 0.1) is 11.8 Å². The molecule has 0 bridgehead atoms. The molecule has 2 amide bonds. The van der Waals surface area contributed by atoms with Crippen LogP contribution in [-0.2, 0) is 13.0 Å².